The minimum Gasteiger partial charge on any atom is -0.352 e. The first-order chi connectivity index (χ1) is 9.65. The number of ketones is 1. The Morgan fingerprint density at radius 2 is 1.65 bits per heavy atom. The van der Waals surface area contributed by atoms with Gasteiger partial charge in [-0.15, -0.1) is 0 Å². The number of carbonyl (C=O) groups is 2. The molecule has 0 bridgehead atoms. The van der Waals surface area contributed by atoms with Gasteiger partial charge in [0.1, 0.15) is 0 Å². The van der Waals surface area contributed by atoms with Crippen LogP contribution < -0.4 is 10.6 Å². The molecule has 110 valence electrons. The average molecular weight is 276 g/mol. The maximum absolute atomic E-state index is 11.9. The maximum atomic E-state index is 11.9. The number of carbonyl (C=O) groups excluding carboxylic acids is 2. The van der Waals surface area contributed by atoms with Gasteiger partial charge in [0.25, 0.3) is 5.91 Å². The molecule has 0 heterocycles. The van der Waals surface area contributed by atoms with Crippen LogP contribution in [0.25, 0.3) is 0 Å². The molecular weight excluding hydrogens is 252 g/mol. The number of amides is 1. The number of unbranched alkanes of at least 4 members (excludes halogenated alkanes) is 3. The molecule has 4 heteroatoms. The minimum atomic E-state index is -0.108. The Morgan fingerprint density at radius 1 is 1.00 bits per heavy atom. The summed E-state index contributed by atoms with van der Waals surface area (Å²) >= 11 is 0. The van der Waals surface area contributed by atoms with E-state index >= 15 is 0 Å². The molecule has 0 radical (unpaired) electrons. The Morgan fingerprint density at radius 3 is 2.30 bits per heavy atom. The van der Waals surface area contributed by atoms with Crippen LogP contribution in [0, 0.1) is 0 Å². The summed E-state index contributed by atoms with van der Waals surface area (Å²) < 4.78 is 0. The van der Waals surface area contributed by atoms with E-state index in [0.29, 0.717) is 17.7 Å². The normalized spacial score (nSPS) is 10.3. The second-order valence-electron chi connectivity index (χ2n) is 4.91. The second-order valence-corrected chi connectivity index (χ2v) is 4.91. The van der Waals surface area contributed by atoms with E-state index in [1.54, 1.807) is 24.3 Å². The average Bonchev–Trinajstić information content (AvgIpc) is 2.46. The Kier molecular flexibility index (Phi) is 7.58. The number of hydrogen-bond donors (Lipinski definition) is 2. The number of nitrogens with one attached hydrogen (secondary N) is 2. The van der Waals surface area contributed by atoms with Gasteiger partial charge >= 0.3 is 0 Å². The Labute approximate surface area is 121 Å². The lowest BCUT2D eigenvalue weighted by atomic mass is 10.1. The first-order valence-corrected chi connectivity index (χ1v) is 7.19. The highest BCUT2D eigenvalue weighted by atomic mass is 16.1. The molecule has 0 aliphatic heterocycles. The first kappa shape index (κ1) is 16.4. The highest BCUT2D eigenvalue weighted by Crippen LogP contribution is 2.06. The molecule has 4 nitrogen and oxygen atoms in total. The molecule has 0 aliphatic carbocycles. The summed E-state index contributed by atoms with van der Waals surface area (Å²) in [7, 11) is 1.95. The van der Waals surface area contributed by atoms with Crippen molar-refractivity contribution in [2.45, 2.75) is 32.6 Å². The van der Waals surface area contributed by atoms with Crippen LogP contribution in [-0.4, -0.2) is 31.8 Å². The van der Waals surface area contributed by atoms with Crippen LogP contribution in [0.4, 0.5) is 0 Å². The van der Waals surface area contributed by atoms with Gasteiger partial charge in [0.2, 0.25) is 0 Å². The Hall–Kier alpha value is -1.68. The summed E-state index contributed by atoms with van der Waals surface area (Å²) in [6.45, 7) is 3.23. The molecule has 2 N–H and O–H groups in total. The third kappa shape index (κ3) is 5.97. The smallest absolute Gasteiger partial charge is 0.251 e. The fourth-order valence-corrected chi connectivity index (χ4v) is 1.96. The lowest BCUT2D eigenvalue weighted by molar-refractivity contribution is 0.0953. The molecule has 1 aromatic rings. The predicted molar refractivity (Wildman–Crippen MR) is 81.2 cm³/mol. The summed E-state index contributed by atoms with van der Waals surface area (Å²) in [6.07, 6.45) is 4.46. The van der Waals surface area contributed by atoms with Gasteiger partial charge in [-0.2, -0.15) is 0 Å². The largest absolute Gasteiger partial charge is 0.352 e. The highest BCUT2D eigenvalue weighted by Gasteiger charge is 2.07. The van der Waals surface area contributed by atoms with Gasteiger partial charge in [0, 0.05) is 17.7 Å². The van der Waals surface area contributed by atoms with E-state index in [2.05, 4.69) is 10.6 Å². The third-order valence-electron chi connectivity index (χ3n) is 3.17. The van der Waals surface area contributed by atoms with Crippen molar-refractivity contribution in [3.63, 3.8) is 0 Å². The molecule has 0 saturated heterocycles. The van der Waals surface area contributed by atoms with Crippen molar-refractivity contribution in [2.24, 2.45) is 0 Å². The van der Waals surface area contributed by atoms with Gasteiger partial charge in [-0.3, -0.25) is 9.59 Å². The van der Waals surface area contributed by atoms with E-state index in [1.165, 1.54) is 19.8 Å². The van der Waals surface area contributed by atoms with Crippen molar-refractivity contribution >= 4 is 11.7 Å². The quantitative estimate of drug-likeness (QED) is 0.538. The zero-order chi connectivity index (χ0) is 14.8. The van der Waals surface area contributed by atoms with Crippen LogP contribution in [0.1, 0.15) is 53.3 Å². The number of Topliss-reactive ketones (excluding diaryl/α,β-unsaturated/α-hetero) is 1. The van der Waals surface area contributed by atoms with Crippen LogP contribution in [-0.2, 0) is 0 Å². The third-order valence-corrected chi connectivity index (χ3v) is 3.17. The lowest BCUT2D eigenvalue weighted by Gasteiger charge is -2.06. The highest BCUT2D eigenvalue weighted by molar-refractivity contribution is 5.99. The van der Waals surface area contributed by atoms with Crippen molar-refractivity contribution in [3.05, 3.63) is 35.4 Å². The van der Waals surface area contributed by atoms with E-state index < -0.39 is 0 Å². The first-order valence-electron chi connectivity index (χ1n) is 7.19. The van der Waals surface area contributed by atoms with Crippen LogP contribution in [0.2, 0.25) is 0 Å². The molecular formula is C16H24N2O2. The predicted octanol–water partition coefficient (Wildman–Crippen LogP) is 2.40. The number of benzene rings is 1. The summed E-state index contributed by atoms with van der Waals surface area (Å²) in [5, 5.41) is 6.01. The van der Waals surface area contributed by atoms with Crippen LogP contribution in [0.5, 0.6) is 0 Å². The zero-order valence-electron chi connectivity index (χ0n) is 12.4. The van der Waals surface area contributed by atoms with Gasteiger partial charge in [0.05, 0.1) is 0 Å². The van der Waals surface area contributed by atoms with E-state index in [-0.39, 0.29) is 11.7 Å². The van der Waals surface area contributed by atoms with Crippen LogP contribution in [0.15, 0.2) is 24.3 Å². The molecule has 1 aromatic carbocycles. The molecule has 1 rings (SSSR count). The molecule has 0 aliphatic rings. The number of rotatable bonds is 9. The van der Waals surface area contributed by atoms with Crippen molar-refractivity contribution < 1.29 is 9.59 Å². The zero-order valence-corrected chi connectivity index (χ0v) is 12.4. The van der Waals surface area contributed by atoms with Crippen molar-refractivity contribution in [3.8, 4) is 0 Å². The van der Waals surface area contributed by atoms with Gasteiger partial charge in [-0.25, -0.2) is 0 Å². The standard InChI is InChI=1S/C16H24N2O2/c1-13(19)14-8-7-9-15(12-14)16(20)18-11-6-4-3-5-10-17-2/h7-9,12,17H,3-6,10-11H2,1-2H3,(H,18,20). The molecule has 0 saturated carbocycles. The summed E-state index contributed by atoms with van der Waals surface area (Å²) in [5.41, 5.74) is 1.12. The second kappa shape index (κ2) is 9.26. The molecule has 0 unspecified atom stereocenters. The molecule has 1 amide bonds. The Bertz CT molecular complexity index is 444. The van der Waals surface area contributed by atoms with Gasteiger partial charge < -0.3 is 10.6 Å². The van der Waals surface area contributed by atoms with Crippen molar-refractivity contribution in [2.75, 3.05) is 20.1 Å². The Balaban J connectivity index is 2.29. The van der Waals surface area contributed by atoms with Gasteiger partial charge in [-0.05, 0) is 45.5 Å². The van der Waals surface area contributed by atoms with Crippen molar-refractivity contribution in [1.29, 1.82) is 0 Å². The van der Waals surface area contributed by atoms with E-state index in [4.69, 9.17) is 0 Å². The van der Waals surface area contributed by atoms with Gasteiger partial charge in [-0.1, -0.05) is 25.0 Å². The fraction of sp³-hybridized carbons (Fsp3) is 0.500. The maximum Gasteiger partial charge on any atom is 0.251 e. The van der Waals surface area contributed by atoms with Crippen LogP contribution >= 0.6 is 0 Å². The molecule has 0 aromatic heterocycles. The monoisotopic (exact) mass is 276 g/mol. The lowest BCUT2D eigenvalue weighted by Crippen LogP contribution is -2.24. The number of hydrogen-bond acceptors (Lipinski definition) is 3. The molecule has 20 heavy (non-hydrogen) atoms. The minimum absolute atomic E-state index is 0.0239. The summed E-state index contributed by atoms with van der Waals surface area (Å²) in [5.74, 6) is -0.132. The van der Waals surface area contributed by atoms with E-state index in [9.17, 15) is 9.59 Å². The fourth-order valence-electron chi connectivity index (χ4n) is 1.96. The molecule has 0 spiro atoms. The summed E-state index contributed by atoms with van der Waals surface area (Å²) in [6, 6.07) is 6.84. The van der Waals surface area contributed by atoms with Crippen LogP contribution in [0.3, 0.4) is 0 Å². The van der Waals surface area contributed by atoms with E-state index in [0.717, 1.165) is 19.4 Å². The molecule has 0 fully saturated rings. The van der Waals surface area contributed by atoms with Gasteiger partial charge in [0.15, 0.2) is 5.78 Å². The topological polar surface area (TPSA) is 58.2 Å². The summed E-state index contributed by atoms with van der Waals surface area (Å²) in [4.78, 5) is 23.2. The SMILES string of the molecule is CNCCCCCCNC(=O)c1cccc(C(C)=O)c1. The van der Waals surface area contributed by atoms with E-state index in [1.807, 2.05) is 7.05 Å². The van der Waals surface area contributed by atoms with Crippen molar-refractivity contribution in [1.82, 2.24) is 10.6 Å². The molecule has 0 atom stereocenters.